The van der Waals surface area contributed by atoms with Crippen LogP contribution in [0.5, 0.6) is 0 Å². The van der Waals surface area contributed by atoms with Gasteiger partial charge in [-0.05, 0) is 38.7 Å². The predicted molar refractivity (Wildman–Crippen MR) is 65.6 cm³/mol. The lowest BCUT2D eigenvalue weighted by Gasteiger charge is -2.34. The maximum absolute atomic E-state index is 6.05. The zero-order valence-corrected chi connectivity index (χ0v) is 10.6. The average molecular weight is 235 g/mol. The average Bonchev–Trinajstić information content (AvgIpc) is 2.95. The van der Waals surface area contributed by atoms with Gasteiger partial charge in [0.2, 0.25) is 0 Å². The van der Waals surface area contributed by atoms with E-state index in [-0.39, 0.29) is 5.41 Å². The minimum absolute atomic E-state index is 0.156. The highest BCUT2D eigenvalue weighted by Gasteiger charge is 2.51. The molecule has 17 heavy (non-hydrogen) atoms. The first-order valence-corrected chi connectivity index (χ1v) is 6.48. The highest BCUT2D eigenvalue weighted by molar-refractivity contribution is 5.14. The summed E-state index contributed by atoms with van der Waals surface area (Å²) in [5, 5.41) is 4.42. The molecule has 2 aliphatic rings. The first-order chi connectivity index (χ1) is 8.13. The van der Waals surface area contributed by atoms with E-state index in [4.69, 9.17) is 10.5 Å². The van der Waals surface area contributed by atoms with Crippen molar-refractivity contribution in [2.24, 2.45) is 18.2 Å². The molecule has 2 saturated heterocycles. The molecule has 2 fully saturated rings. The minimum atomic E-state index is 0.156. The number of nitrogens with two attached hydrogens (primary N) is 1. The number of aryl methyl sites for hydroxylation is 2. The van der Waals surface area contributed by atoms with Crippen molar-refractivity contribution in [1.29, 1.82) is 0 Å². The summed E-state index contributed by atoms with van der Waals surface area (Å²) < 4.78 is 7.97. The molecule has 3 unspecified atom stereocenters. The SMILES string of the molecule is Cc1cc(CC2(CN)CC3CCC2O3)n(C)n1. The molecule has 94 valence electrons. The summed E-state index contributed by atoms with van der Waals surface area (Å²) in [5.41, 5.74) is 8.57. The van der Waals surface area contributed by atoms with Gasteiger partial charge < -0.3 is 10.5 Å². The van der Waals surface area contributed by atoms with E-state index in [2.05, 4.69) is 11.2 Å². The van der Waals surface area contributed by atoms with Crippen molar-refractivity contribution < 1.29 is 4.74 Å². The van der Waals surface area contributed by atoms with E-state index in [0.717, 1.165) is 25.1 Å². The van der Waals surface area contributed by atoms with Crippen LogP contribution in [0.4, 0.5) is 0 Å². The fraction of sp³-hybridized carbons (Fsp3) is 0.769. The Hall–Kier alpha value is -0.870. The topological polar surface area (TPSA) is 53.1 Å². The number of hydrogen-bond acceptors (Lipinski definition) is 3. The third-order valence-corrected chi connectivity index (χ3v) is 4.46. The molecular formula is C13H21N3O. The van der Waals surface area contributed by atoms with Gasteiger partial charge in [-0.15, -0.1) is 0 Å². The Morgan fingerprint density at radius 2 is 2.41 bits per heavy atom. The van der Waals surface area contributed by atoms with Crippen LogP contribution in [0.25, 0.3) is 0 Å². The number of rotatable bonds is 3. The predicted octanol–water partition coefficient (Wildman–Crippen LogP) is 1.17. The second-order valence-corrected chi connectivity index (χ2v) is 5.67. The van der Waals surface area contributed by atoms with Crippen molar-refractivity contribution in [3.05, 3.63) is 17.5 Å². The summed E-state index contributed by atoms with van der Waals surface area (Å²) in [6.07, 6.45) is 5.35. The van der Waals surface area contributed by atoms with Crippen molar-refractivity contribution in [3.63, 3.8) is 0 Å². The fourth-order valence-corrected chi connectivity index (χ4v) is 3.55. The summed E-state index contributed by atoms with van der Waals surface area (Å²) in [6.45, 7) is 2.76. The number of aromatic nitrogens is 2. The second-order valence-electron chi connectivity index (χ2n) is 5.67. The van der Waals surface area contributed by atoms with Gasteiger partial charge in [0.25, 0.3) is 0 Å². The zero-order chi connectivity index (χ0) is 12.0. The van der Waals surface area contributed by atoms with Gasteiger partial charge in [0.05, 0.1) is 17.9 Å². The van der Waals surface area contributed by atoms with E-state index in [1.54, 1.807) is 0 Å². The molecule has 0 spiro atoms. The Morgan fingerprint density at radius 3 is 2.88 bits per heavy atom. The Balaban J connectivity index is 1.85. The Morgan fingerprint density at radius 1 is 1.59 bits per heavy atom. The number of ether oxygens (including phenoxy) is 1. The lowest BCUT2D eigenvalue weighted by atomic mass is 9.71. The van der Waals surface area contributed by atoms with Crippen LogP contribution in [0, 0.1) is 12.3 Å². The first-order valence-electron chi connectivity index (χ1n) is 6.48. The standard InChI is InChI=1S/C13H21N3O/c1-9-5-10(16(2)15-9)6-13(8-14)7-11-3-4-12(13)17-11/h5,11-12H,3-4,6-8,14H2,1-2H3. The van der Waals surface area contributed by atoms with Crippen LogP contribution in [0.2, 0.25) is 0 Å². The molecule has 3 heterocycles. The summed E-state index contributed by atoms with van der Waals surface area (Å²) in [6, 6.07) is 2.17. The molecule has 2 bridgehead atoms. The quantitative estimate of drug-likeness (QED) is 0.855. The van der Waals surface area contributed by atoms with Gasteiger partial charge in [-0.25, -0.2) is 0 Å². The minimum Gasteiger partial charge on any atom is -0.374 e. The first kappa shape index (κ1) is 11.2. The monoisotopic (exact) mass is 235 g/mol. The molecule has 3 atom stereocenters. The summed E-state index contributed by atoms with van der Waals surface area (Å²) in [5.74, 6) is 0. The van der Waals surface area contributed by atoms with Crippen LogP contribution < -0.4 is 5.73 Å². The summed E-state index contributed by atoms with van der Waals surface area (Å²) >= 11 is 0. The second kappa shape index (κ2) is 3.82. The van der Waals surface area contributed by atoms with Gasteiger partial charge >= 0.3 is 0 Å². The molecule has 4 nitrogen and oxygen atoms in total. The number of hydrogen-bond donors (Lipinski definition) is 1. The fourth-order valence-electron chi connectivity index (χ4n) is 3.55. The van der Waals surface area contributed by atoms with E-state index >= 15 is 0 Å². The third kappa shape index (κ3) is 1.70. The molecule has 0 saturated carbocycles. The van der Waals surface area contributed by atoms with Crippen molar-refractivity contribution in [2.75, 3.05) is 6.54 Å². The largest absolute Gasteiger partial charge is 0.374 e. The molecular weight excluding hydrogens is 214 g/mol. The Bertz CT molecular complexity index is 428. The van der Waals surface area contributed by atoms with Crippen LogP contribution in [0.3, 0.4) is 0 Å². The van der Waals surface area contributed by atoms with E-state index < -0.39 is 0 Å². The molecule has 4 heteroatoms. The van der Waals surface area contributed by atoms with Crippen LogP contribution in [0.15, 0.2) is 6.07 Å². The molecule has 0 radical (unpaired) electrons. The van der Waals surface area contributed by atoms with E-state index in [1.807, 2.05) is 18.7 Å². The molecule has 0 amide bonds. The van der Waals surface area contributed by atoms with Gasteiger partial charge in [-0.2, -0.15) is 5.10 Å². The molecule has 2 aliphatic heterocycles. The lowest BCUT2D eigenvalue weighted by Crippen LogP contribution is -2.41. The van der Waals surface area contributed by atoms with Crippen LogP contribution in [-0.2, 0) is 18.2 Å². The molecule has 3 rings (SSSR count). The van der Waals surface area contributed by atoms with Crippen LogP contribution >= 0.6 is 0 Å². The van der Waals surface area contributed by atoms with E-state index in [0.29, 0.717) is 12.2 Å². The maximum Gasteiger partial charge on any atom is 0.0652 e. The smallest absolute Gasteiger partial charge is 0.0652 e. The molecule has 1 aromatic heterocycles. The van der Waals surface area contributed by atoms with E-state index in [1.165, 1.54) is 18.5 Å². The van der Waals surface area contributed by atoms with Crippen LogP contribution in [-0.4, -0.2) is 28.5 Å². The van der Waals surface area contributed by atoms with Crippen molar-refractivity contribution in [1.82, 2.24) is 9.78 Å². The van der Waals surface area contributed by atoms with E-state index in [9.17, 15) is 0 Å². The van der Waals surface area contributed by atoms with Gasteiger partial charge in [0.1, 0.15) is 0 Å². The summed E-state index contributed by atoms with van der Waals surface area (Å²) in [4.78, 5) is 0. The molecule has 0 aliphatic carbocycles. The van der Waals surface area contributed by atoms with Gasteiger partial charge in [-0.1, -0.05) is 0 Å². The van der Waals surface area contributed by atoms with Gasteiger partial charge in [0, 0.05) is 24.7 Å². The number of fused-ring (bicyclic) bond motifs is 2. The number of nitrogens with zero attached hydrogens (tertiary/aromatic N) is 2. The Labute approximate surface area is 102 Å². The third-order valence-electron chi connectivity index (χ3n) is 4.46. The normalized spacial score (nSPS) is 35.7. The molecule has 1 aromatic rings. The maximum atomic E-state index is 6.05. The van der Waals surface area contributed by atoms with Crippen molar-refractivity contribution in [2.45, 2.75) is 44.8 Å². The van der Waals surface area contributed by atoms with Crippen molar-refractivity contribution in [3.8, 4) is 0 Å². The van der Waals surface area contributed by atoms with Crippen LogP contribution in [0.1, 0.15) is 30.7 Å². The van der Waals surface area contributed by atoms with Crippen molar-refractivity contribution >= 4 is 0 Å². The highest BCUT2D eigenvalue weighted by atomic mass is 16.5. The lowest BCUT2D eigenvalue weighted by molar-refractivity contribution is 0.0629. The molecule has 2 N–H and O–H groups in total. The molecule has 0 aromatic carbocycles. The zero-order valence-electron chi connectivity index (χ0n) is 10.6. The Kier molecular flexibility index (Phi) is 2.52. The summed E-state index contributed by atoms with van der Waals surface area (Å²) in [7, 11) is 2.01. The highest BCUT2D eigenvalue weighted by Crippen LogP contribution is 2.48. The van der Waals surface area contributed by atoms with Gasteiger partial charge in [-0.3, -0.25) is 4.68 Å². The van der Waals surface area contributed by atoms with Gasteiger partial charge in [0.15, 0.2) is 0 Å².